The lowest BCUT2D eigenvalue weighted by atomic mass is 10.1. The van der Waals surface area contributed by atoms with Crippen LogP contribution in [0.3, 0.4) is 0 Å². The zero-order chi connectivity index (χ0) is 16.0. The summed E-state index contributed by atoms with van der Waals surface area (Å²) in [7, 11) is -3.45. The van der Waals surface area contributed by atoms with E-state index in [0.717, 1.165) is 12.8 Å². The van der Waals surface area contributed by atoms with Crippen LogP contribution in [0.4, 0.5) is 0 Å². The minimum Gasteiger partial charge on any atom is -0.347 e. The maximum absolute atomic E-state index is 12.8. The zero-order valence-corrected chi connectivity index (χ0v) is 14.7. The van der Waals surface area contributed by atoms with Gasteiger partial charge in [-0.1, -0.05) is 12.1 Å². The lowest BCUT2D eigenvalue weighted by Gasteiger charge is -2.32. The van der Waals surface area contributed by atoms with Gasteiger partial charge in [0.05, 0.1) is 4.88 Å². The molecule has 122 valence electrons. The highest BCUT2D eigenvalue weighted by molar-refractivity contribution is 7.91. The number of piperidine rings is 1. The van der Waals surface area contributed by atoms with Crippen LogP contribution in [0.5, 0.6) is 0 Å². The average molecular weight is 369 g/mol. The first-order chi connectivity index (χ1) is 11.1. The van der Waals surface area contributed by atoms with Gasteiger partial charge in [0.2, 0.25) is 0 Å². The van der Waals surface area contributed by atoms with Crippen LogP contribution < -0.4 is 5.32 Å². The summed E-state index contributed by atoms with van der Waals surface area (Å²) < 4.78 is 27.5. The number of hydrogen-bond acceptors (Lipinski definition) is 5. The number of carbonyl (C=O) groups excluding carboxylic acids is 1. The molecule has 2 fully saturated rings. The molecule has 0 radical (unpaired) electrons. The number of thiophene rings is 2. The number of fused-ring (bicyclic) bond motifs is 2. The van der Waals surface area contributed by atoms with Crippen molar-refractivity contribution in [3.8, 4) is 0 Å². The monoisotopic (exact) mass is 368 g/mol. The van der Waals surface area contributed by atoms with Crippen LogP contribution in [0.2, 0.25) is 0 Å². The first-order valence-corrected chi connectivity index (χ1v) is 10.7. The van der Waals surface area contributed by atoms with Crippen LogP contribution in [0.1, 0.15) is 22.5 Å². The van der Waals surface area contributed by atoms with Gasteiger partial charge in [-0.2, -0.15) is 4.31 Å². The fourth-order valence-electron chi connectivity index (χ4n) is 3.58. The summed E-state index contributed by atoms with van der Waals surface area (Å²) in [6, 6.07) is 6.79. The number of nitrogens with zero attached hydrogens (tertiary/aromatic N) is 1. The number of amides is 1. The molecule has 1 saturated carbocycles. The number of hydrogen-bond donors (Lipinski definition) is 1. The summed E-state index contributed by atoms with van der Waals surface area (Å²) in [6.07, 6.45) is 1.69. The van der Waals surface area contributed by atoms with E-state index in [-0.39, 0.29) is 18.0 Å². The molecule has 23 heavy (non-hydrogen) atoms. The Morgan fingerprint density at radius 3 is 2.61 bits per heavy atom. The van der Waals surface area contributed by atoms with Crippen molar-refractivity contribution in [2.45, 2.75) is 29.1 Å². The smallest absolute Gasteiger partial charge is 0.261 e. The van der Waals surface area contributed by atoms with Crippen molar-refractivity contribution in [2.75, 3.05) is 6.54 Å². The van der Waals surface area contributed by atoms with Crippen molar-refractivity contribution in [1.82, 2.24) is 9.62 Å². The molecule has 3 heterocycles. The van der Waals surface area contributed by atoms with Gasteiger partial charge in [0.25, 0.3) is 15.9 Å². The minimum atomic E-state index is -3.45. The van der Waals surface area contributed by atoms with E-state index in [0.29, 0.717) is 21.5 Å². The van der Waals surface area contributed by atoms with E-state index < -0.39 is 10.0 Å². The zero-order valence-electron chi connectivity index (χ0n) is 12.2. The molecule has 4 rings (SSSR count). The molecule has 1 aliphatic carbocycles. The second kappa shape index (κ2) is 5.70. The van der Waals surface area contributed by atoms with Crippen molar-refractivity contribution in [2.24, 2.45) is 5.92 Å². The molecule has 2 aliphatic rings. The van der Waals surface area contributed by atoms with Gasteiger partial charge in [0, 0.05) is 18.6 Å². The second-order valence-corrected chi connectivity index (χ2v) is 9.98. The quantitative estimate of drug-likeness (QED) is 0.901. The number of nitrogens with one attached hydrogen (secondary N) is 1. The molecule has 8 heteroatoms. The molecule has 5 nitrogen and oxygen atoms in total. The summed E-state index contributed by atoms with van der Waals surface area (Å²) in [5.41, 5.74) is 0. The first-order valence-electron chi connectivity index (χ1n) is 7.45. The topological polar surface area (TPSA) is 66.5 Å². The molecule has 3 atom stereocenters. The molecule has 3 unspecified atom stereocenters. The van der Waals surface area contributed by atoms with Gasteiger partial charge in [-0.25, -0.2) is 8.42 Å². The largest absolute Gasteiger partial charge is 0.347 e. The highest BCUT2D eigenvalue weighted by atomic mass is 32.2. The van der Waals surface area contributed by atoms with Gasteiger partial charge >= 0.3 is 0 Å². The summed E-state index contributed by atoms with van der Waals surface area (Å²) in [5.74, 6) is 0.231. The van der Waals surface area contributed by atoms with Gasteiger partial charge < -0.3 is 5.32 Å². The normalized spacial score (nSPS) is 27.4. The molecule has 2 aromatic rings. The predicted octanol–water partition coefficient (Wildman–Crippen LogP) is 2.39. The highest BCUT2D eigenvalue weighted by Crippen LogP contribution is 2.41. The van der Waals surface area contributed by atoms with Crippen LogP contribution in [0, 0.1) is 5.92 Å². The van der Waals surface area contributed by atoms with E-state index >= 15 is 0 Å². The van der Waals surface area contributed by atoms with Gasteiger partial charge in [-0.05, 0) is 41.7 Å². The van der Waals surface area contributed by atoms with Gasteiger partial charge in [0.15, 0.2) is 0 Å². The van der Waals surface area contributed by atoms with E-state index in [4.69, 9.17) is 0 Å². The molecule has 2 aromatic heterocycles. The van der Waals surface area contributed by atoms with Crippen molar-refractivity contribution in [3.05, 3.63) is 39.9 Å². The molecular weight excluding hydrogens is 352 g/mol. The molecule has 1 N–H and O–H groups in total. The molecule has 0 spiro atoms. The summed E-state index contributed by atoms with van der Waals surface area (Å²) in [6.45, 7) is 0.566. The Hall–Kier alpha value is -1.22. The molecular formula is C15H16N2O3S3. The van der Waals surface area contributed by atoms with Gasteiger partial charge in [0.1, 0.15) is 4.21 Å². The molecule has 1 amide bonds. The van der Waals surface area contributed by atoms with Gasteiger partial charge in [-0.3, -0.25) is 4.79 Å². The van der Waals surface area contributed by atoms with Crippen molar-refractivity contribution in [1.29, 1.82) is 0 Å². The van der Waals surface area contributed by atoms with Crippen LogP contribution in [0.25, 0.3) is 0 Å². The third-order valence-corrected chi connectivity index (χ3v) is 8.69. The van der Waals surface area contributed by atoms with E-state index in [1.54, 1.807) is 27.9 Å². The third-order valence-electron chi connectivity index (χ3n) is 4.55. The summed E-state index contributed by atoms with van der Waals surface area (Å²) in [4.78, 5) is 12.9. The minimum absolute atomic E-state index is 0.0990. The number of carbonyl (C=O) groups is 1. The third kappa shape index (κ3) is 2.63. The SMILES string of the molecule is O=C(NC1CC2CC1N(S(=O)(=O)c1cccs1)C2)c1cccs1. The van der Waals surface area contributed by atoms with Gasteiger partial charge in [-0.15, -0.1) is 22.7 Å². The Morgan fingerprint density at radius 2 is 1.96 bits per heavy atom. The standard InChI is InChI=1S/C15H16N2O3S3/c18-15(13-3-1-5-21-13)16-11-7-10-8-12(11)17(9-10)23(19,20)14-4-2-6-22-14/h1-6,10-12H,7-9H2,(H,16,18). The summed E-state index contributed by atoms with van der Waals surface area (Å²) >= 11 is 2.64. The van der Waals surface area contributed by atoms with Crippen LogP contribution in [-0.4, -0.2) is 37.3 Å². The second-order valence-electron chi connectivity index (χ2n) is 5.97. The summed E-state index contributed by atoms with van der Waals surface area (Å²) in [5, 5.41) is 6.67. The van der Waals surface area contributed by atoms with Crippen LogP contribution in [-0.2, 0) is 10.0 Å². The Morgan fingerprint density at radius 1 is 1.17 bits per heavy atom. The predicted molar refractivity (Wildman–Crippen MR) is 90.3 cm³/mol. The van der Waals surface area contributed by atoms with Crippen LogP contribution in [0.15, 0.2) is 39.2 Å². The highest BCUT2D eigenvalue weighted by Gasteiger charge is 2.50. The van der Waals surface area contributed by atoms with E-state index in [9.17, 15) is 13.2 Å². The Balaban J connectivity index is 1.54. The first kappa shape index (κ1) is 15.3. The van der Waals surface area contributed by atoms with E-state index in [1.807, 2.05) is 11.4 Å². The Labute approximate surface area is 143 Å². The Bertz CT molecular complexity index is 799. The molecule has 0 aromatic carbocycles. The van der Waals surface area contributed by atoms with Crippen molar-refractivity contribution >= 4 is 38.6 Å². The molecule has 1 saturated heterocycles. The number of rotatable bonds is 4. The fourth-order valence-corrected chi connectivity index (χ4v) is 7.07. The lowest BCUT2D eigenvalue weighted by Crippen LogP contribution is -2.51. The lowest BCUT2D eigenvalue weighted by molar-refractivity contribution is 0.0921. The number of sulfonamides is 1. The van der Waals surface area contributed by atoms with Crippen molar-refractivity contribution < 1.29 is 13.2 Å². The maximum Gasteiger partial charge on any atom is 0.261 e. The fraction of sp³-hybridized carbons (Fsp3) is 0.400. The molecule has 2 bridgehead atoms. The average Bonchev–Trinajstić information content (AvgIpc) is 3.27. The maximum atomic E-state index is 12.8. The Kier molecular flexibility index (Phi) is 3.79. The van der Waals surface area contributed by atoms with E-state index in [1.165, 1.54) is 22.7 Å². The van der Waals surface area contributed by atoms with Crippen LogP contribution >= 0.6 is 22.7 Å². The van der Waals surface area contributed by atoms with Crippen molar-refractivity contribution in [3.63, 3.8) is 0 Å². The van der Waals surface area contributed by atoms with E-state index in [2.05, 4.69) is 5.32 Å². The molecule has 1 aliphatic heterocycles.